The molecule has 1 unspecified atom stereocenters. The van der Waals surface area contributed by atoms with Crippen LogP contribution in [0.15, 0.2) is 71.7 Å². The van der Waals surface area contributed by atoms with E-state index < -0.39 is 6.03 Å². The largest absolute Gasteiger partial charge is 0.393 e. The summed E-state index contributed by atoms with van der Waals surface area (Å²) in [5.74, 6) is 0.311. The molecule has 4 aromatic rings. The molecular weight excluding hydrogens is 485 g/mol. The first-order valence-electron chi connectivity index (χ1n) is 12.3. The highest BCUT2D eigenvalue weighted by Gasteiger charge is 2.32. The lowest BCUT2D eigenvalue weighted by Crippen LogP contribution is -2.32. The van der Waals surface area contributed by atoms with Gasteiger partial charge in [0.25, 0.3) is 0 Å². The van der Waals surface area contributed by atoms with E-state index in [1.807, 2.05) is 51.1 Å². The molecular formula is C29H32FN5O3. The van der Waals surface area contributed by atoms with E-state index >= 15 is 0 Å². The molecule has 38 heavy (non-hydrogen) atoms. The van der Waals surface area contributed by atoms with E-state index in [1.165, 1.54) is 16.7 Å². The summed E-state index contributed by atoms with van der Waals surface area (Å²) in [6, 6.07) is 16.8. The van der Waals surface area contributed by atoms with Crippen LogP contribution in [0.25, 0.3) is 16.9 Å². The number of amides is 2. The number of pyridine rings is 1. The maximum absolute atomic E-state index is 13.1. The number of aliphatic hydroxyl groups is 1. The SMILES string of the molecule is CC1(C)CC(O)Cc2ccc(F)cc21.Cc1c(-c2ccc(=O)n(C)c2)nn(-c2ccccc2)c1NC(N)=O. The zero-order chi connectivity index (χ0) is 27.6. The molecule has 0 bridgehead atoms. The number of hydrogen-bond donors (Lipinski definition) is 3. The van der Waals surface area contributed by atoms with Crippen LogP contribution in [-0.2, 0) is 18.9 Å². The van der Waals surface area contributed by atoms with Crippen molar-refractivity contribution in [1.29, 1.82) is 0 Å². The van der Waals surface area contributed by atoms with Crippen LogP contribution in [0.3, 0.4) is 0 Å². The summed E-state index contributed by atoms with van der Waals surface area (Å²) >= 11 is 0. The second kappa shape index (κ2) is 10.6. The van der Waals surface area contributed by atoms with Crippen molar-refractivity contribution in [3.05, 3.63) is 99.7 Å². The van der Waals surface area contributed by atoms with Gasteiger partial charge in [0.05, 0.1) is 17.5 Å². The molecule has 2 aromatic heterocycles. The van der Waals surface area contributed by atoms with Crippen molar-refractivity contribution < 1.29 is 14.3 Å². The van der Waals surface area contributed by atoms with E-state index in [4.69, 9.17) is 5.73 Å². The average Bonchev–Trinajstić information content (AvgIpc) is 3.17. The highest BCUT2D eigenvalue weighted by Crippen LogP contribution is 2.37. The van der Waals surface area contributed by atoms with Crippen LogP contribution in [0.5, 0.6) is 0 Å². The first kappa shape index (κ1) is 26.8. The molecule has 2 amide bonds. The van der Waals surface area contributed by atoms with Gasteiger partial charge in [0.15, 0.2) is 0 Å². The normalized spacial score (nSPS) is 15.7. The number of rotatable bonds is 3. The number of aryl methyl sites for hydroxylation is 1. The van der Waals surface area contributed by atoms with Crippen molar-refractivity contribution >= 4 is 11.8 Å². The maximum Gasteiger partial charge on any atom is 0.317 e. The van der Waals surface area contributed by atoms with E-state index in [0.717, 1.165) is 27.9 Å². The van der Waals surface area contributed by atoms with E-state index in [0.29, 0.717) is 24.4 Å². The van der Waals surface area contributed by atoms with Gasteiger partial charge in [0, 0.05) is 30.4 Å². The molecule has 0 saturated heterocycles. The van der Waals surface area contributed by atoms with E-state index in [1.54, 1.807) is 36.1 Å². The van der Waals surface area contributed by atoms with Crippen LogP contribution in [0, 0.1) is 12.7 Å². The molecule has 0 saturated carbocycles. The fraction of sp³-hybridized carbons (Fsp3) is 0.276. The number of carbonyl (C=O) groups is 1. The van der Waals surface area contributed by atoms with Gasteiger partial charge in [-0.2, -0.15) is 5.10 Å². The number of nitrogens with zero attached hydrogens (tertiary/aromatic N) is 3. The van der Waals surface area contributed by atoms with Crippen molar-refractivity contribution in [2.24, 2.45) is 12.8 Å². The molecule has 1 aliphatic rings. The number of anilines is 1. The van der Waals surface area contributed by atoms with Gasteiger partial charge in [-0.05, 0) is 66.6 Å². The van der Waals surface area contributed by atoms with Gasteiger partial charge < -0.3 is 15.4 Å². The number of aromatic nitrogens is 3. The molecule has 5 rings (SSSR count). The zero-order valence-electron chi connectivity index (χ0n) is 21.9. The molecule has 9 heteroatoms. The van der Waals surface area contributed by atoms with Crippen LogP contribution in [0.1, 0.15) is 37.0 Å². The number of benzene rings is 2. The Balaban J connectivity index is 0.000000204. The fourth-order valence-corrected chi connectivity index (χ4v) is 4.91. The minimum atomic E-state index is -0.665. The topological polar surface area (TPSA) is 115 Å². The number of nitrogens with two attached hydrogens (primary N) is 1. The zero-order valence-corrected chi connectivity index (χ0v) is 21.9. The number of hydrogen-bond acceptors (Lipinski definition) is 4. The lowest BCUT2D eigenvalue weighted by molar-refractivity contribution is 0.127. The second-order valence-electron chi connectivity index (χ2n) is 10.2. The fourth-order valence-electron chi connectivity index (χ4n) is 4.91. The number of urea groups is 1. The Morgan fingerprint density at radius 1 is 1.16 bits per heavy atom. The van der Waals surface area contributed by atoms with Crippen molar-refractivity contribution in [2.75, 3.05) is 5.32 Å². The minimum Gasteiger partial charge on any atom is -0.393 e. The molecule has 4 N–H and O–H groups in total. The summed E-state index contributed by atoms with van der Waals surface area (Å²) in [5.41, 5.74) is 10.2. The third kappa shape index (κ3) is 5.68. The highest BCUT2D eigenvalue weighted by molar-refractivity contribution is 5.89. The Morgan fingerprint density at radius 3 is 2.53 bits per heavy atom. The van der Waals surface area contributed by atoms with E-state index in [9.17, 15) is 19.1 Å². The molecule has 1 aliphatic carbocycles. The van der Waals surface area contributed by atoms with Crippen molar-refractivity contribution in [2.45, 2.75) is 45.1 Å². The number of fused-ring (bicyclic) bond motifs is 1. The number of halogens is 1. The minimum absolute atomic E-state index is 0.102. The van der Waals surface area contributed by atoms with Gasteiger partial charge in [-0.25, -0.2) is 13.9 Å². The highest BCUT2D eigenvalue weighted by atomic mass is 19.1. The predicted octanol–water partition coefficient (Wildman–Crippen LogP) is 4.45. The summed E-state index contributed by atoms with van der Waals surface area (Å²) in [6.07, 6.45) is 2.78. The van der Waals surface area contributed by atoms with Crippen LogP contribution in [0.4, 0.5) is 15.0 Å². The molecule has 2 heterocycles. The first-order valence-corrected chi connectivity index (χ1v) is 12.3. The molecule has 8 nitrogen and oxygen atoms in total. The molecule has 0 aliphatic heterocycles. The summed E-state index contributed by atoms with van der Waals surface area (Å²) in [4.78, 5) is 23.0. The van der Waals surface area contributed by atoms with Crippen LogP contribution in [-0.4, -0.2) is 31.6 Å². The van der Waals surface area contributed by atoms with Gasteiger partial charge in [-0.1, -0.05) is 38.1 Å². The summed E-state index contributed by atoms with van der Waals surface area (Å²) < 4.78 is 16.2. The summed E-state index contributed by atoms with van der Waals surface area (Å²) in [6.45, 7) is 5.94. The molecule has 0 spiro atoms. The first-order chi connectivity index (χ1) is 18.0. The van der Waals surface area contributed by atoms with Gasteiger partial charge in [-0.15, -0.1) is 0 Å². The average molecular weight is 518 g/mol. The lowest BCUT2D eigenvalue weighted by Gasteiger charge is -2.35. The van der Waals surface area contributed by atoms with E-state index in [-0.39, 0.29) is 22.9 Å². The van der Waals surface area contributed by atoms with Crippen molar-refractivity contribution in [3.63, 3.8) is 0 Å². The third-order valence-corrected chi connectivity index (χ3v) is 6.73. The number of para-hydroxylation sites is 1. The van der Waals surface area contributed by atoms with Crippen LogP contribution < -0.4 is 16.6 Å². The maximum atomic E-state index is 13.1. The van der Waals surface area contributed by atoms with Crippen LogP contribution in [0.2, 0.25) is 0 Å². The molecule has 0 fully saturated rings. The molecule has 198 valence electrons. The third-order valence-electron chi connectivity index (χ3n) is 6.73. The predicted molar refractivity (Wildman–Crippen MR) is 146 cm³/mol. The molecule has 1 atom stereocenters. The second-order valence-corrected chi connectivity index (χ2v) is 10.2. The summed E-state index contributed by atoms with van der Waals surface area (Å²) in [7, 11) is 1.68. The molecule has 0 radical (unpaired) electrons. The Bertz CT molecular complexity index is 1530. The van der Waals surface area contributed by atoms with Gasteiger partial charge in [0.1, 0.15) is 11.6 Å². The van der Waals surface area contributed by atoms with Gasteiger partial charge in [0.2, 0.25) is 5.56 Å². The monoisotopic (exact) mass is 517 g/mol. The Morgan fingerprint density at radius 2 is 1.87 bits per heavy atom. The Labute approximate surface area is 220 Å². The van der Waals surface area contributed by atoms with Crippen LogP contribution >= 0.6 is 0 Å². The standard InChI is InChI=1S/C17H17N5O2.C12H15FO/c1-11-15(12-8-9-14(23)21(2)10-12)20-22(16(11)19-17(18)24)13-6-4-3-5-7-13;1-12(2)7-10(14)5-8-3-4-9(13)6-11(8)12/h3-10H,1-2H3,(H3,18,19,24);3-4,6,10,14H,5,7H2,1-2H3. The van der Waals surface area contributed by atoms with Crippen molar-refractivity contribution in [1.82, 2.24) is 14.3 Å². The van der Waals surface area contributed by atoms with Gasteiger partial charge >= 0.3 is 6.03 Å². The Kier molecular flexibility index (Phi) is 7.50. The smallest absolute Gasteiger partial charge is 0.317 e. The number of carbonyl (C=O) groups excluding carboxylic acids is 1. The quantitative estimate of drug-likeness (QED) is 0.372. The Hall–Kier alpha value is -4.24. The lowest BCUT2D eigenvalue weighted by atomic mass is 9.71. The number of nitrogens with one attached hydrogen (secondary N) is 1. The number of aliphatic hydroxyl groups excluding tert-OH is 1. The number of primary amides is 1. The molecule has 2 aromatic carbocycles. The summed E-state index contributed by atoms with van der Waals surface area (Å²) in [5, 5.41) is 16.9. The van der Waals surface area contributed by atoms with E-state index in [2.05, 4.69) is 10.4 Å². The van der Waals surface area contributed by atoms with Gasteiger partial charge in [-0.3, -0.25) is 10.1 Å². The van der Waals surface area contributed by atoms with Crippen molar-refractivity contribution in [3.8, 4) is 16.9 Å².